The van der Waals surface area contributed by atoms with Gasteiger partial charge in [0.1, 0.15) is 5.52 Å². The second-order valence-electron chi connectivity index (χ2n) is 6.40. The molecular weight excluding hydrogens is 342 g/mol. The first kappa shape index (κ1) is 17.0. The Balaban J connectivity index is 1.83. The summed E-state index contributed by atoms with van der Waals surface area (Å²) in [6, 6.07) is 12.0. The van der Waals surface area contributed by atoms with Crippen LogP contribution in [0.2, 0.25) is 0 Å². The van der Waals surface area contributed by atoms with Crippen LogP contribution in [0.25, 0.3) is 21.8 Å². The van der Waals surface area contributed by atoms with Gasteiger partial charge in [0.25, 0.3) is 0 Å². The Hall–Kier alpha value is -3.48. The molecule has 4 rings (SSSR count). The number of nitrogens with one attached hydrogen (secondary N) is 2. The van der Waals surface area contributed by atoms with Gasteiger partial charge in [0.2, 0.25) is 0 Å². The highest BCUT2D eigenvalue weighted by atomic mass is 16.5. The molecule has 2 aromatic carbocycles. The smallest absolute Gasteiger partial charge is 0.162 e. The van der Waals surface area contributed by atoms with Crippen molar-refractivity contribution in [3.05, 3.63) is 42.6 Å². The van der Waals surface area contributed by atoms with Gasteiger partial charge in [-0.2, -0.15) is 5.10 Å². The normalized spacial score (nSPS) is 11.0. The van der Waals surface area contributed by atoms with Crippen LogP contribution in [0.15, 0.2) is 42.6 Å². The SMILES string of the molecule is COc1cc2nc(Nc3ccc(N(C)C)cc3)c3n[nH]cc3c2cc1OC. The van der Waals surface area contributed by atoms with E-state index in [1.807, 2.05) is 44.6 Å². The summed E-state index contributed by atoms with van der Waals surface area (Å²) in [5.41, 5.74) is 3.64. The Labute approximate surface area is 156 Å². The second kappa shape index (κ2) is 6.68. The Morgan fingerprint density at radius 3 is 2.33 bits per heavy atom. The molecule has 138 valence electrons. The van der Waals surface area contributed by atoms with Crippen LogP contribution in [0.5, 0.6) is 11.5 Å². The molecule has 7 heteroatoms. The first-order valence-corrected chi connectivity index (χ1v) is 8.54. The van der Waals surface area contributed by atoms with Gasteiger partial charge in [0, 0.05) is 48.5 Å². The fourth-order valence-corrected chi connectivity index (χ4v) is 3.09. The first-order chi connectivity index (χ1) is 13.1. The van der Waals surface area contributed by atoms with E-state index >= 15 is 0 Å². The Morgan fingerprint density at radius 2 is 1.67 bits per heavy atom. The number of anilines is 3. The first-order valence-electron chi connectivity index (χ1n) is 8.54. The van der Waals surface area contributed by atoms with Crippen molar-refractivity contribution in [1.29, 1.82) is 0 Å². The predicted octanol–water partition coefficient (Wildman–Crippen LogP) is 3.94. The Kier molecular flexibility index (Phi) is 4.19. The molecule has 0 aliphatic rings. The molecule has 2 aromatic heterocycles. The lowest BCUT2D eigenvalue weighted by molar-refractivity contribution is 0.356. The third kappa shape index (κ3) is 2.97. The number of H-pyrrole nitrogens is 1. The molecule has 0 saturated heterocycles. The molecule has 0 bridgehead atoms. The quantitative estimate of drug-likeness (QED) is 0.559. The minimum atomic E-state index is 0.640. The number of fused-ring (bicyclic) bond motifs is 3. The van der Waals surface area contributed by atoms with E-state index < -0.39 is 0 Å². The van der Waals surface area contributed by atoms with Gasteiger partial charge in [0.15, 0.2) is 17.3 Å². The maximum atomic E-state index is 5.42. The van der Waals surface area contributed by atoms with Gasteiger partial charge < -0.3 is 19.7 Å². The zero-order valence-electron chi connectivity index (χ0n) is 15.7. The third-order valence-electron chi connectivity index (χ3n) is 4.54. The molecule has 0 aliphatic heterocycles. The van der Waals surface area contributed by atoms with Gasteiger partial charge in [-0.05, 0) is 30.3 Å². The topological polar surface area (TPSA) is 75.3 Å². The highest BCUT2D eigenvalue weighted by Crippen LogP contribution is 2.36. The van der Waals surface area contributed by atoms with Crippen LogP contribution in [0, 0.1) is 0 Å². The van der Waals surface area contributed by atoms with E-state index in [2.05, 4.69) is 32.5 Å². The standard InChI is InChI=1S/C20H21N5O2/c1-25(2)13-7-5-12(6-8-13)22-20-19-15(11-21-24-19)14-9-17(26-3)18(27-4)10-16(14)23-20/h5-11H,1-4H3,(H,21,24)(H,22,23). The van der Waals surface area contributed by atoms with Crippen molar-refractivity contribution in [3.63, 3.8) is 0 Å². The summed E-state index contributed by atoms with van der Waals surface area (Å²) in [4.78, 5) is 6.83. The molecule has 0 amide bonds. The number of hydrogen-bond acceptors (Lipinski definition) is 6. The number of aromatic nitrogens is 3. The number of hydrogen-bond donors (Lipinski definition) is 2. The number of benzene rings is 2. The summed E-state index contributed by atoms with van der Waals surface area (Å²) in [5.74, 6) is 1.99. The van der Waals surface area contributed by atoms with Crippen LogP contribution >= 0.6 is 0 Å². The molecule has 2 N–H and O–H groups in total. The largest absolute Gasteiger partial charge is 0.493 e. The van der Waals surface area contributed by atoms with Crippen molar-refractivity contribution in [3.8, 4) is 11.5 Å². The van der Waals surface area contributed by atoms with Crippen molar-refractivity contribution in [2.45, 2.75) is 0 Å². The minimum Gasteiger partial charge on any atom is -0.493 e. The van der Waals surface area contributed by atoms with Gasteiger partial charge in [0.05, 0.1) is 19.7 Å². The number of rotatable bonds is 5. The van der Waals surface area contributed by atoms with E-state index in [9.17, 15) is 0 Å². The van der Waals surface area contributed by atoms with Gasteiger partial charge >= 0.3 is 0 Å². The van der Waals surface area contributed by atoms with Crippen molar-refractivity contribution in [1.82, 2.24) is 15.2 Å². The van der Waals surface area contributed by atoms with E-state index in [-0.39, 0.29) is 0 Å². The van der Waals surface area contributed by atoms with E-state index in [1.165, 1.54) is 0 Å². The van der Waals surface area contributed by atoms with Crippen molar-refractivity contribution < 1.29 is 9.47 Å². The number of aromatic amines is 1. The van der Waals surface area contributed by atoms with E-state index in [4.69, 9.17) is 14.5 Å². The lowest BCUT2D eigenvalue weighted by Crippen LogP contribution is -2.08. The molecule has 4 aromatic rings. The lowest BCUT2D eigenvalue weighted by atomic mass is 10.1. The average molecular weight is 363 g/mol. The lowest BCUT2D eigenvalue weighted by Gasteiger charge is -2.14. The van der Waals surface area contributed by atoms with Gasteiger partial charge in [-0.15, -0.1) is 0 Å². The molecule has 0 unspecified atom stereocenters. The molecule has 7 nitrogen and oxygen atoms in total. The second-order valence-corrected chi connectivity index (χ2v) is 6.40. The molecule has 0 aliphatic carbocycles. The zero-order chi connectivity index (χ0) is 19.0. The summed E-state index contributed by atoms with van der Waals surface area (Å²) in [6.07, 6.45) is 1.87. The van der Waals surface area contributed by atoms with Gasteiger partial charge in [-0.3, -0.25) is 5.10 Å². The summed E-state index contributed by atoms with van der Waals surface area (Å²) >= 11 is 0. The Bertz CT molecular complexity index is 1100. The molecule has 2 heterocycles. The summed E-state index contributed by atoms with van der Waals surface area (Å²) in [6.45, 7) is 0. The van der Waals surface area contributed by atoms with Crippen LogP contribution in [-0.2, 0) is 0 Å². The van der Waals surface area contributed by atoms with Crippen molar-refractivity contribution in [2.75, 3.05) is 38.5 Å². The molecule has 27 heavy (non-hydrogen) atoms. The summed E-state index contributed by atoms with van der Waals surface area (Å²) < 4.78 is 10.8. The fraction of sp³-hybridized carbons (Fsp3) is 0.200. The monoisotopic (exact) mass is 363 g/mol. The average Bonchev–Trinajstić information content (AvgIpc) is 3.18. The van der Waals surface area contributed by atoms with Gasteiger partial charge in [-0.1, -0.05) is 0 Å². The summed E-state index contributed by atoms with van der Waals surface area (Å²) in [7, 11) is 7.27. The van der Waals surface area contributed by atoms with Crippen LogP contribution in [0.1, 0.15) is 0 Å². The van der Waals surface area contributed by atoms with Crippen LogP contribution in [0.3, 0.4) is 0 Å². The van der Waals surface area contributed by atoms with E-state index in [0.717, 1.165) is 33.2 Å². The van der Waals surface area contributed by atoms with E-state index in [1.54, 1.807) is 14.2 Å². The number of nitrogens with zero attached hydrogens (tertiary/aromatic N) is 3. The molecule has 0 radical (unpaired) electrons. The van der Waals surface area contributed by atoms with Crippen molar-refractivity contribution >= 4 is 39.0 Å². The van der Waals surface area contributed by atoms with Crippen molar-refractivity contribution in [2.24, 2.45) is 0 Å². The highest BCUT2D eigenvalue weighted by Gasteiger charge is 2.15. The predicted molar refractivity (Wildman–Crippen MR) is 109 cm³/mol. The maximum Gasteiger partial charge on any atom is 0.162 e. The van der Waals surface area contributed by atoms with Crippen LogP contribution < -0.4 is 19.7 Å². The Morgan fingerprint density at radius 1 is 0.963 bits per heavy atom. The summed E-state index contributed by atoms with van der Waals surface area (Å²) in [5, 5.41) is 12.6. The zero-order valence-corrected chi connectivity index (χ0v) is 15.7. The number of ether oxygens (including phenoxy) is 2. The molecular formula is C20H21N5O2. The van der Waals surface area contributed by atoms with E-state index in [0.29, 0.717) is 17.3 Å². The van der Waals surface area contributed by atoms with Gasteiger partial charge in [-0.25, -0.2) is 4.98 Å². The molecule has 0 atom stereocenters. The third-order valence-corrected chi connectivity index (χ3v) is 4.54. The number of pyridine rings is 1. The molecule has 0 saturated carbocycles. The number of methoxy groups -OCH3 is 2. The fourth-order valence-electron chi connectivity index (χ4n) is 3.09. The molecule has 0 fully saturated rings. The molecule has 0 spiro atoms. The highest BCUT2D eigenvalue weighted by molar-refractivity contribution is 6.09. The minimum absolute atomic E-state index is 0.640. The maximum absolute atomic E-state index is 5.42. The van der Waals surface area contributed by atoms with Crippen LogP contribution in [0.4, 0.5) is 17.2 Å². The van der Waals surface area contributed by atoms with Crippen LogP contribution in [-0.4, -0.2) is 43.5 Å².